The molecule has 132 valence electrons. The van der Waals surface area contributed by atoms with Crippen LogP contribution < -0.4 is 0 Å². The lowest BCUT2D eigenvalue weighted by molar-refractivity contribution is -0.376. The zero-order valence-electron chi connectivity index (χ0n) is 11.7. The van der Waals surface area contributed by atoms with Crippen LogP contribution in [-0.4, -0.2) is 23.6 Å². The van der Waals surface area contributed by atoms with Crippen LogP contribution in [0, 0.1) is 0 Å². The van der Waals surface area contributed by atoms with E-state index in [0.29, 0.717) is 19.9 Å². The minimum Gasteiger partial charge on any atom is -0.369 e. The van der Waals surface area contributed by atoms with E-state index in [-0.39, 0.29) is 12.1 Å². The largest absolute Gasteiger partial charge is 0.430 e. The van der Waals surface area contributed by atoms with Crippen molar-refractivity contribution in [1.82, 2.24) is 0 Å². The van der Waals surface area contributed by atoms with E-state index in [1.165, 1.54) is 0 Å². The van der Waals surface area contributed by atoms with Crippen molar-refractivity contribution in [3.05, 3.63) is 35.4 Å². The van der Waals surface area contributed by atoms with Gasteiger partial charge >= 0.3 is 18.5 Å². The maximum atomic E-state index is 12.9. The topological polar surface area (TPSA) is 20.2 Å². The number of rotatable bonds is 2. The molecule has 1 aromatic carbocycles. The quantitative estimate of drug-likeness (QED) is 0.754. The van der Waals surface area contributed by atoms with Gasteiger partial charge in [0.1, 0.15) is 0 Å². The summed E-state index contributed by atoms with van der Waals surface area (Å²) in [6.07, 6.45) is -17.2. The predicted octanol–water partition coefficient (Wildman–Crippen LogP) is 4.84. The van der Waals surface area contributed by atoms with Crippen molar-refractivity contribution in [3.63, 3.8) is 0 Å². The van der Waals surface area contributed by atoms with Crippen LogP contribution in [0.2, 0.25) is 0 Å². The molecule has 0 radical (unpaired) electrons. The van der Waals surface area contributed by atoms with E-state index in [4.69, 9.17) is 0 Å². The Morgan fingerprint density at radius 1 is 0.696 bits per heavy atom. The number of hydrogen-bond donors (Lipinski definition) is 1. The molecule has 0 bridgehead atoms. The molecule has 1 nitrogen and oxygen atoms in total. The third-order valence-electron chi connectivity index (χ3n) is 3.53. The molecule has 0 aromatic heterocycles. The van der Waals surface area contributed by atoms with E-state index in [0.717, 1.165) is 6.07 Å². The molecule has 1 N–H and O–H groups in total. The van der Waals surface area contributed by atoms with Crippen LogP contribution in [0.15, 0.2) is 24.3 Å². The average molecular weight is 354 g/mol. The average Bonchev–Trinajstić information content (AvgIpc) is 2.33. The first-order chi connectivity index (χ1) is 9.96. The highest BCUT2D eigenvalue weighted by Crippen LogP contribution is 2.51. The molecule has 0 aliphatic carbocycles. The summed E-state index contributed by atoms with van der Waals surface area (Å²) < 4.78 is 115. The minimum atomic E-state index is -6.16. The van der Waals surface area contributed by atoms with Gasteiger partial charge in [-0.3, -0.25) is 0 Å². The summed E-state index contributed by atoms with van der Waals surface area (Å²) >= 11 is 0. The molecule has 0 unspecified atom stereocenters. The maximum Gasteiger partial charge on any atom is 0.430 e. The van der Waals surface area contributed by atoms with E-state index < -0.39 is 40.7 Å². The van der Waals surface area contributed by atoms with Crippen LogP contribution >= 0.6 is 0 Å². The van der Waals surface area contributed by atoms with Gasteiger partial charge in [-0.25, -0.2) is 0 Å². The fourth-order valence-corrected chi connectivity index (χ4v) is 1.78. The Bertz CT molecular complexity index is 552. The van der Waals surface area contributed by atoms with Crippen LogP contribution in [0.5, 0.6) is 0 Å². The molecular weight excluding hydrogens is 343 g/mol. The molecule has 0 saturated carbocycles. The monoisotopic (exact) mass is 354 g/mol. The van der Waals surface area contributed by atoms with Gasteiger partial charge in [0.05, 0.1) is 5.41 Å². The number of hydrogen-bond acceptors (Lipinski definition) is 1. The summed E-state index contributed by atoms with van der Waals surface area (Å²) in [6, 6.07) is 1.68. The minimum absolute atomic E-state index is 0.0640. The lowest BCUT2D eigenvalue weighted by Gasteiger charge is -2.34. The molecule has 0 heterocycles. The third-order valence-corrected chi connectivity index (χ3v) is 3.53. The van der Waals surface area contributed by atoms with E-state index in [1.807, 2.05) is 0 Å². The summed E-state index contributed by atoms with van der Waals surface area (Å²) in [5.41, 5.74) is -10.5. The van der Waals surface area contributed by atoms with Gasteiger partial charge in [-0.1, -0.05) is 24.3 Å². The van der Waals surface area contributed by atoms with E-state index in [2.05, 4.69) is 0 Å². The van der Waals surface area contributed by atoms with Crippen molar-refractivity contribution in [2.45, 2.75) is 43.4 Å². The van der Waals surface area contributed by atoms with Gasteiger partial charge in [-0.05, 0) is 19.4 Å². The van der Waals surface area contributed by atoms with Crippen molar-refractivity contribution in [2.75, 3.05) is 0 Å². The zero-order chi connectivity index (χ0) is 18.5. The lowest BCUT2D eigenvalue weighted by Crippen LogP contribution is -2.54. The molecule has 0 amide bonds. The van der Waals surface area contributed by atoms with Gasteiger partial charge in [0.2, 0.25) is 0 Å². The predicted molar refractivity (Wildman–Crippen MR) is 61.5 cm³/mol. The van der Waals surface area contributed by atoms with Crippen LogP contribution in [0.3, 0.4) is 0 Å². The molecule has 0 fully saturated rings. The fraction of sp³-hybridized carbons (Fsp3) is 0.538. The van der Waals surface area contributed by atoms with Gasteiger partial charge in [0, 0.05) is 5.56 Å². The molecule has 0 aliphatic rings. The van der Waals surface area contributed by atoms with Gasteiger partial charge in [-0.2, -0.15) is 39.5 Å². The molecule has 0 aliphatic heterocycles. The first-order valence-corrected chi connectivity index (χ1v) is 6.00. The van der Waals surface area contributed by atoms with Gasteiger partial charge in [-0.15, -0.1) is 0 Å². The summed E-state index contributed by atoms with van der Waals surface area (Å²) in [7, 11) is 0. The normalized spacial score (nSPS) is 15.0. The fourth-order valence-electron chi connectivity index (χ4n) is 1.78. The number of benzene rings is 1. The maximum absolute atomic E-state index is 12.9. The molecule has 0 atom stereocenters. The highest BCUT2D eigenvalue weighted by molar-refractivity contribution is 5.35. The molecule has 0 spiro atoms. The standard InChI is InChI=1S/C13H11F9O/c1-9(2,11(14,15)16)7-4-3-5-8(6-7)10(23,12(17,18)19)13(20,21)22/h3-6,23H,1-2H3. The first kappa shape index (κ1) is 19.6. The molecule has 0 saturated heterocycles. The van der Waals surface area contributed by atoms with Crippen LogP contribution in [0.25, 0.3) is 0 Å². The Morgan fingerprint density at radius 2 is 1.09 bits per heavy atom. The second-order valence-electron chi connectivity index (χ2n) is 5.41. The van der Waals surface area contributed by atoms with E-state index >= 15 is 0 Å². The van der Waals surface area contributed by atoms with Gasteiger partial charge in [0.25, 0.3) is 5.60 Å². The molecule has 23 heavy (non-hydrogen) atoms. The van der Waals surface area contributed by atoms with E-state index in [1.54, 1.807) is 0 Å². The molecule has 1 rings (SSSR count). The summed E-state index contributed by atoms with van der Waals surface area (Å²) in [5, 5.41) is 9.22. The summed E-state index contributed by atoms with van der Waals surface area (Å²) in [6.45, 7) is 1.21. The molecule has 1 aromatic rings. The Morgan fingerprint density at radius 3 is 1.43 bits per heavy atom. The Labute approximate surface area is 124 Å². The smallest absolute Gasteiger partial charge is 0.369 e. The second-order valence-corrected chi connectivity index (χ2v) is 5.41. The van der Waals surface area contributed by atoms with Crippen molar-refractivity contribution < 1.29 is 44.6 Å². The highest BCUT2D eigenvalue weighted by Gasteiger charge is 2.71. The van der Waals surface area contributed by atoms with Crippen LogP contribution in [0.1, 0.15) is 25.0 Å². The van der Waals surface area contributed by atoms with E-state index in [9.17, 15) is 44.6 Å². The van der Waals surface area contributed by atoms with Crippen molar-refractivity contribution in [2.24, 2.45) is 0 Å². The number of alkyl halides is 9. The Kier molecular flexibility index (Phi) is 4.50. The SMILES string of the molecule is CC(C)(c1cccc(C(O)(C(F)(F)F)C(F)(F)F)c1)C(F)(F)F. The van der Waals surface area contributed by atoms with Crippen LogP contribution in [-0.2, 0) is 11.0 Å². The van der Waals surface area contributed by atoms with Crippen LogP contribution in [0.4, 0.5) is 39.5 Å². The third kappa shape index (κ3) is 3.13. The summed E-state index contributed by atoms with van der Waals surface area (Å²) in [5.74, 6) is 0. The zero-order valence-corrected chi connectivity index (χ0v) is 11.7. The molecule has 10 heteroatoms. The number of aliphatic hydroxyl groups is 1. The Balaban J connectivity index is 3.60. The lowest BCUT2D eigenvalue weighted by atomic mass is 9.81. The second kappa shape index (κ2) is 5.29. The number of halogens is 9. The van der Waals surface area contributed by atoms with Crippen molar-refractivity contribution in [1.29, 1.82) is 0 Å². The van der Waals surface area contributed by atoms with Gasteiger partial charge < -0.3 is 5.11 Å². The summed E-state index contributed by atoms with van der Waals surface area (Å²) in [4.78, 5) is 0. The Hall–Kier alpha value is -1.45. The van der Waals surface area contributed by atoms with Gasteiger partial charge in [0.15, 0.2) is 0 Å². The van der Waals surface area contributed by atoms with Crippen molar-refractivity contribution >= 4 is 0 Å². The first-order valence-electron chi connectivity index (χ1n) is 6.00. The highest BCUT2D eigenvalue weighted by atomic mass is 19.4. The molecular formula is C13H11F9O. The van der Waals surface area contributed by atoms with Crippen molar-refractivity contribution in [3.8, 4) is 0 Å².